The average Bonchev–Trinajstić information content (AvgIpc) is 2.99. The Hall–Kier alpha value is -2.40. The maximum Gasteiger partial charge on any atom is 0.150 e. The fraction of sp³-hybridized carbons (Fsp3) is 0.250. The molecular weight excluding hydrogens is 334 g/mol. The Bertz CT molecular complexity index is 1000. The first-order chi connectivity index (χ1) is 12.1. The molecule has 0 radical (unpaired) electrons. The highest BCUT2D eigenvalue weighted by Gasteiger charge is 2.28. The number of fused-ring (bicyclic) bond motifs is 1. The number of benzene rings is 2. The van der Waals surface area contributed by atoms with Crippen molar-refractivity contribution in [2.24, 2.45) is 5.92 Å². The van der Waals surface area contributed by atoms with Gasteiger partial charge in [-0.3, -0.25) is 4.98 Å². The van der Waals surface area contributed by atoms with Gasteiger partial charge in [0.25, 0.3) is 0 Å². The summed E-state index contributed by atoms with van der Waals surface area (Å²) in [5, 5.41) is 2.26. The summed E-state index contributed by atoms with van der Waals surface area (Å²) in [7, 11) is -2.89. The highest BCUT2D eigenvalue weighted by atomic mass is 32.2. The molecule has 0 spiro atoms. The van der Waals surface area contributed by atoms with E-state index in [1.54, 1.807) is 12.4 Å². The van der Waals surface area contributed by atoms with Gasteiger partial charge in [-0.1, -0.05) is 30.3 Å². The van der Waals surface area contributed by atoms with Crippen LogP contribution in [0.15, 0.2) is 60.9 Å². The summed E-state index contributed by atoms with van der Waals surface area (Å²) in [4.78, 5) is 4.10. The Labute approximate surface area is 147 Å². The number of hydrogen-bond donors (Lipinski definition) is 0. The van der Waals surface area contributed by atoms with E-state index < -0.39 is 9.84 Å². The molecule has 0 saturated carbocycles. The molecule has 0 bridgehead atoms. The van der Waals surface area contributed by atoms with Gasteiger partial charge in [0, 0.05) is 23.9 Å². The lowest BCUT2D eigenvalue weighted by Crippen LogP contribution is -2.14. The Morgan fingerprint density at radius 2 is 1.84 bits per heavy atom. The van der Waals surface area contributed by atoms with Crippen molar-refractivity contribution in [1.82, 2.24) is 4.98 Å². The van der Waals surface area contributed by atoms with E-state index in [1.807, 2.05) is 36.4 Å². The average molecular weight is 353 g/mol. The van der Waals surface area contributed by atoms with E-state index in [2.05, 4.69) is 17.1 Å². The van der Waals surface area contributed by atoms with Crippen molar-refractivity contribution in [2.75, 3.05) is 18.1 Å². The SMILES string of the molecule is O=S1(=O)CCC(COc2ccc3ccccc3c2-c2ccncc2)C1. The second-order valence-corrected chi connectivity index (χ2v) is 8.70. The molecule has 0 aliphatic carbocycles. The minimum absolute atomic E-state index is 0.0711. The third-order valence-corrected chi connectivity index (χ3v) is 6.50. The lowest BCUT2D eigenvalue weighted by Gasteiger charge is -2.16. The van der Waals surface area contributed by atoms with Gasteiger partial charge in [0.15, 0.2) is 9.84 Å². The summed E-state index contributed by atoms with van der Waals surface area (Å²) in [6.07, 6.45) is 4.22. The molecular formula is C20H19NO3S. The predicted molar refractivity (Wildman–Crippen MR) is 99.4 cm³/mol. The van der Waals surface area contributed by atoms with Crippen LogP contribution in [0.25, 0.3) is 21.9 Å². The zero-order chi connectivity index (χ0) is 17.3. The molecule has 3 aromatic rings. The van der Waals surface area contributed by atoms with Crippen molar-refractivity contribution in [3.05, 3.63) is 60.9 Å². The van der Waals surface area contributed by atoms with E-state index in [-0.39, 0.29) is 17.4 Å². The Morgan fingerprint density at radius 1 is 1.04 bits per heavy atom. The largest absolute Gasteiger partial charge is 0.493 e. The Balaban J connectivity index is 1.71. The fourth-order valence-corrected chi connectivity index (χ4v) is 5.24. The van der Waals surface area contributed by atoms with Crippen molar-refractivity contribution in [3.63, 3.8) is 0 Å². The molecule has 25 heavy (non-hydrogen) atoms. The lowest BCUT2D eigenvalue weighted by atomic mass is 9.98. The van der Waals surface area contributed by atoms with Crippen LogP contribution >= 0.6 is 0 Å². The van der Waals surface area contributed by atoms with E-state index in [4.69, 9.17) is 4.74 Å². The van der Waals surface area contributed by atoms with Gasteiger partial charge in [-0.2, -0.15) is 0 Å². The van der Waals surface area contributed by atoms with Crippen LogP contribution in [0, 0.1) is 5.92 Å². The number of sulfone groups is 1. The van der Waals surface area contributed by atoms with Crippen LogP contribution in [-0.2, 0) is 9.84 Å². The molecule has 0 amide bonds. The van der Waals surface area contributed by atoms with Gasteiger partial charge in [0.05, 0.1) is 18.1 Å². The zero-order valence-corrected chi connectivity index (χ0v) is 14.6. The second-order valence-electron chi connectivity index (χ2n) is 6.48. The topological polar surface area (TPSA) is 56.3 Å². The van der Waals surface area contributed by atoms with Gasteiger partial charge >= 0.3 is 0 Å². The summed E-state index contributed by atoms with van der Waals surface area (Å²) in [5.41, 5.74) is 2.07. The molecule has 1 aliphatic heterocycles. The number of aromatic nitrogens is 1. The third-order valence-electron chi connectivity index (χ3n) is 4.66. The third kappa shape index (κ3) is 3.37. The fourth-order valence-electron chi connectivity index (χ4n) is 3.40. The van der Waals surface area contributed by atoms with Crippen molar-refractivity contribution in [2.45, 2.75) is 6.42 Å². The summed E-state index contributed by atoms with van der Waals surface area (Å²) in [5.74, 6) is 1.36. The van der Waals surface area contributed by atoms with Crippen molar-refractivity contribution >= 4 is 20.6 Å². The van der Waals surface area contributed by atoms with Gasteiger partial charge in [-0.25, -0.2) is 8.42 Å². The quantitative estimate of drug-likeness (QED) is 0.717. The van der Waals surface area contributed by atoms with Crippen molar-refractivity contribution in [1.29, 1.82) is 0 Å². The molecule has 1 atom stereocenters. The first-order valence-corrected chi connectivity index (χ1v) is 10.2. The Morgan fingerprint density at radius 3 is 2.60 bits per heavy atom. The minimum atomic E-state index is -2.89. The van der Waals surface area contributed by atoms with Gasteiger partial charge in [-0.15, -0.1) is 0 Å². The highest BCUT2D eigenvalue weighted by molar-refractivity contribution is 7.91. The van der Waals surface area contributed by atoms with Gasteiger partial charge in [0.1, 0.15) is 5.75 Å². The molecule has 1 aromatic heterocycles. The van der Waals surface area contributed by atoms with E-state index >= 15 is 0 Å². The summed E-state index contributed by atoms with van der Waals surface area (Å²) < 4.78 is 29.4. The van der Waals surface area contributed by atoms with Gasteiger partial charge < -0.3 is 4.74 Å². The van der Waals surface area contributed by atoms with E-state index in [0.29, 0.717) is 13.0 Å². The molecule has 4 nitrogen and oxygen atoms in total. The van der Waals surface area contributed by atoms with Gasteiger partial charge in [0.2, 0.25) is 0 Å². The maximum atomic E-state index is 11.7. The summed E-state index contributed by atoms with van der Waals surface area (Å²) in [6.45, 7) is 0.426. The van der Waals surface area contributed by atoms with Crippen molar-refractivity contribution in [3.8, 4) is 16.9 Å². The minimum Gasteiger partial charge on any atom is -0.493 e. The molecule has 2 heterocycles. The molecule has 0 N–H and O–H groups in total. The van der Waals surface area contributed by atoms with Crippen LogP contribution < -0.4 is 4.74 Å². The van der Waals surface area contributed by atoms with E-state index in [1.165, 1.54) is 0 Å². The van der Waals surface area contributed by atoms with Crippen LogP contribution in [-0.4, -0.2) is 31.5 Å². The normalized spacial score (nSPS) is 19.1. The number of hydrogen-bond acceptors (Lipinski definition) is 4. The lowest BCUT2D eigenvalue weighted by molar-refractivity contribution is 0.264. The van der Waals surface area contributed by atoms with Crippen molar-refractivity contribution < 1.29 is 13.2 Å². The number of nitrogens with zero attached hydrogens (tertiary/aromatic N) is 1. The maximum absolute atomic E-state index is 11.7. The first kappa shape index (κ1) is 16.1. The molecule has 1 aliphatic rings. The molecule has 2 aromatic carbocycles. The Kier molecular flexibility index (Phi) is 4.17. The number of rotatable bonds is 4. The zero-order valence-electron chi connectivity index (χ0n) is 13.8. The molecule has 1 unspecified atom stereocenters. The second kappa shape index (κ2) is 6.48. The molecule has 128 valence electrons. The summed E-state index contributed by atoms with van der Waals surface area (Å²) >= 11 is 0. The molecule has 5 heteroatoms. The monoisotopic (exact) mass is 353 g/mol. The number of ether oxygens (including phenoxy) is 1. The first-order valence-electron chi connectivity index (χ1n) is 8.38. The van der Waals surface area contributed by atoms with Crippen LogP contribution in [0.5, 0.6) is 5.75 Å². The highest BCUT2D eigenvalue weighted by Crippen LogP contribution is 2.37. The van der Waals surface area contributed by atoms with Crippen LogP contribution in [0.2, 0.25) is 0 Å². The molecule has 1 fully saturated rings. The van der Waals surface area contributed by atoms with Gasteiger partial charge in [-0.05, 0) is 41.0 Å². The summed E-state index contributed by atoms with van der Waals surface area (Å²) in [6, 6.07) is 16.1. The molecule has 1 saturated heterocycles. The smallest absolute Gasteiger partial charge is 0.150 e. The van der Waals surface area contributed by atoms with Crippen LogP contribution in [0.3, 0.4) is 0 Å². The van der Waals surface area contributed by atoms with E-state index in [9.17, 15) is 8.42 Å². The standard InChI is InChI=1S/C20H19NO3S/c22-25(23)12-9-15(14-25)13-24-19-6-5-16-3-1-2-4-18(16)20(19)17-7-10-21-11-8-17/h1-8,10-11,15H,9,12-14H2. The van der Waals surface area contributed by atoms with Crippen LogP contribution in [0.4, 0.5) is 0 Å². The van der Waals surface area contributed by atoms with Crippen LogP contribution in [0.1, 0.15) is 6.42 Å². The number of pyridine rings is 1. The molecule has 4 rings (SSSR count). The van der Waals surface area contributed by atoms with E-state index in [0.717, 1.165) is 27.6 Å². The predicted octanol–water partition coefficient (Wildman–Crippen LogP) is 3.72.